The Morgan fingerprint density at radius 1 is 1.30 bits per heavy atom. The lowest BCUT2D eigenvalue weighted by Crippen LogP contribution is -2.58. The molecule has 0 radical (unpaired) electrons. The largest absolute Gasteiger partial charge is 0.417 e. The predicted molar refractivity (Wildman–Crippen MR) is 81.8 cm³/mol. The van der Waals surface area contributed by atoms with Crippen LogP contribution >= 0.6 is 0 Å². The van der Waals surface area contributed by atoms with E-state index in [-0.39, 0.29) is 24.3 Å². The Morgan fingerprint density at radius 3 is 2.91 bits per heavy atom. The SMILES string of the molecule is O=C1NCCN(C(=O)Cc2ccc3oc(=O)[nH]c3c2)C1C1CC1. The summed E-state index contributed by atoms with van der Waals surface area (Å²) in [5.41, 5.74) is 1.84. The molecule has 0 bridgehead atoms. The third-order valence-corrected chi connectivity index (χ3v) is 4.48. The van der Waals surface area contributed by atoms with Crippen molar-refractivity contribution in [3.8, 4) is 0 Å². The molecule has 2 heterocycles. The molecule has 23 heavy (non-hydrogen) atoms. The summed E-state index contributed by atoms with van der Waals surface area (Å²) in [5, 5.41) is 2.84. The summed E-state index contributed by atoms with van der Waals surface area (Å²) < 4.78 is 4.96. The molecule has 1 unspecified atom stereocenters. The molecular weight excluding hydrogens is 298 g/mol. The van der Waals surface area contributed by atoms with E-state index in [4.69, 9.17) is 4.42 Å². The minimum absolute atomic E-state index is 0.0401. The fourth-order valence-corrected chi connectivity index (χ4v) is 3.23. The molecule has 1 saturated heterocycles. The Hall–Kier alpha value is -2.57. The van der Waals surface area contributed by atoms with Gasteiger partial charge in [0.05, 0.1) is 11.9 Å². The number of piperazine rings is 1. The maximum absolute atomic E-state index is 12.6. The first kappa shape index (κ1) is 14.0. The number of H-pyrrole nitrogens is 1. The van der Waals surface area contributed by atoms with Gasteiger partial charge in [-0.05, 0) is 36.5 Å². The van der Waals surface area contributed by atoms with Crippen molar-refractivity contribution in [3.63, 3.8) is 0 Å². The van der Waals surface area contributed by atoms with Crippen LogP contribution in [0.5, 0.6) is 0 Å². The highest BCUT2D eigenvalue weighted by Gasteiger charge is 2.43. The number of hydrogen-bond donors (Lipinski definition) is 2. The first-order valence-corrected chi connectivity index (χ1v) is 7.81. The highest BCUT2D eigenvalue weighted by Crippen LogP contribution is 2.36. The van der Waals surface area contributed by atoms with E-state index in [9.17, 15) is 14.4 Å². The lowest BCUT2D eigenvalue weighted by Gasteiger charge is -2.35. The summed E-state index contributed by atoms with van der Waals surface area (Å²) >= 11 is 0. The van der Waals surface area contributed by atoms with Gasteiger partial charge in [-0.15, -0.1) is 0 Å². The van der Waals surface area contributed by atoms with Crippen molar-refractivity contribution < 1.29 is 14.0 Å². The van der Waals surface area contributed by atoms with E-state index in [1.165, 1.54) is 0 Å². The van der Waals surface area contributed by atoms with Gasteiger partial charge in [0.25, 0.3) is 0 Å². The van der Waals surface area contributed by atoms with Gasteiger partial charge in [0.15, 0.2) is 5.58 Å². The summed E-state index contributed by atoms with van der Waals surface area (Å²) in [6.07, 6.45) is 2.22. The number of benzene rings is 1. The molecule has 1 aliphatic carbocycles. The van der Waals surface area contributed by atoms with Crippen LogP contribution in [0, 0.1) is 5.92 Å². The summed E-state index contributed by atoms with van der Waals surface area (Å²) in [5.74, 6) is -0.305. The van der Waals surface area contributed by atoms with Crippen molar-refractivity contribution in [1.29, 1.82) is 0 Å². The molecule has 120 valence electrons. The summed E-state index contributed by atoms with van der Waals surface area (Å²) in [6, 6.07) is 4.87. The van der Waals surface area contributed by atoms with Crippen molar-refractivity contribution in [2.45, 2.75) is 25.3 Å². The van der Waals surface area contributed by atoms with Crippen LogP contribution in [0.15, 0.2) is 27.4 Å². The van der Waals surface area contributed by atoms with Crippen LogP contribution in [-0.2, 0) is 16.0 Å². The molecule has 2 aromatic rings. The minimum atomic E-state index is -0.509. The zero-order valence-corrected chi connectivity index (χ0v) is 12.5. The Morgan fingerprint density at radius 2 is 2.13 bits per heavy atom. The van der Waals surface area contributed by atoms with Gasteiger partial charge in [-0.2, -0.15) is 0 Å². The number of aromatic amines is 1. The average Bonchev–Trinajstić information content (AvgIpc) is 3.28. The van der Waals surface area contributed by atoms with E-state index in [0.717, 1.165) is 18.4 Å². The Balaban J connectivity index is 1.55. The van der Waals surface area contributed by atoms with Crippen molar-refractivity contribution in [2.24, 2.45) is 5.92 Å². The zero-order valence-electron chi connectivity index (χ0n) is 12.5. The summed E-state index contributed by atoms with van der Waals surface area (Å²) in [4.78, 5) is 40.2. The minimum Gasteiger partial charge on any atom is -0.408 e. The number of rotatable bonds is 3. The van der Waals surface area contributed by atoms with E-state index in [0.29, 0.717) is 30.1 Å². The summed E-state index contributed by atoms with van der Waals surface area (Å²) in [7, 11) is 0. The van der Waals surface area contributed by atoms with Crippen LogP contribution in [0.2, 0.25) is 0 Å². The number of aromatic nitrogens is 1. The molecule has 2 amide bonds. The molecule has 1 saturated carbocycles. The standard InChI is InChI=1S/C16H17N3O4/c20-13(19-6-5-17-15(21)14(19)10-2-3-10)8-9-1-4-12-11(7-9)18-16(22)23-12/h1,4,7,10,14H,2-3,5-6,8H2,(H,17,21)(H,18,22). The van der Waals surface area contributed by atoms with Gasteiger partial charge < -0.3 is 14.6 Å². The van der Waals surface area contributed by atoms with Gasteiger partial charge in [0.2, 0.25) is 11.8 Å². The molecule has 7 heteroatoms. The summed E-state index contributed by atoms with van der Waals surface area (Å²) in [6.45, 7) is 1.05. The number of amides is 2. The van der Waals surface area contributed by atoms with Crippen molar-refractivity contribution in [2.75, 3.05) is 13.1 Å². The molecule has 4 rings (SSSR count). The fraction of sp³-hybridized carbons (Fsp3) is 0.438. The quantitative estimate of drug-likeness (QED) is 0.857. The van der Waals surface area contributed by atoms with E-state index in [1.54, 1.807) is 23.1 Å². The van der Waals surface area contributed by atoms with Crippen LogP contribution in [0.3, 0.4) is 0 Å². The van der Waals surface area contributed by atoms with Crippen LogP contribution in [0.1, 0.15) is 18.4 Å². The monoisotopic (exact) mass is 315 g/mol. The molecule has 2 aliphatic rings. The molecule has 0 spiro atoms. The number of nitrogens with one attached hydrogen (secondary N) is 2. The van der Waals surface area contributed by atoms with Crippen LogP contribution in [-0.4, -0.2) is 40.8 Å². The van der Waals surface area contributed by atoms with Gasteiger partial charge in [0, 0.05) is 13.1 Å². The highest BCUT2D eigenvalue weighted by atomic mass is 16.4. The molecule has 2 fully saturated rings. The first-order chi connectivity index (χ1) is 11.1. The normalized spacial score (nSPS) is 21.5. The number of hydrogen-bond acceptors (Lipinski definition) is 4. The number of carbonyl (C=O) groups is 2. The third-order valence-electron chi connectivity index (χ3n) is 4.48. The zero-order chi connectivity index (χ0) is 16.0. The second kappa shape index (κ2) is 5.26. The molecular formula is C16H17N3O4. The Bertz CT molecular complexity index is 833. The van der Waals surface area contributed by atoms with Gasteiger partial charge in [-0.3, -0.25) is 14.6 Å². The highest BCUT2D eigenvalue weighted by molar-refractivity contribution is 5.90. The molecule has 7 nitrogen and oxygen atoms in total. The molecule has 1 aliphatic heterocycles. The number of fused-ring (bicyclic) bond motifs is 1. The van der Waals surface area contributed by atoms with E-state index < -0.39 is 5.76 Å². The molecule has 1 atom stereocenters. The van der Waals surface area contributed by atoms with Gasteiger partial charge >= 0.3 is 5.76 Å². The van der Waals surface area contributed by atoms with Crippen LogP contribution in [0.4, 0.5) is 0 Å². The second-order valence-corrected chi connectivity index (χ2v) is 6.18. The Kier molecular flexibility index (Phi) is 3.21. The number of carbonyl (C=O) groups excluding carboxylic acids is 2. The first-order valence-electron chi connectivity index (χ1n) is 7.81. The third kappa shape index (κ3) is 2.62. The van der Waals surface area contributed by atoms with Crippen molar-refractivity contribution in [1.82, 2.24) is 15.2 Å². The number of oxazole rings is 1. The van der Waals surface area contributed by atoms with Gasteiger partial charge in [-0.1, -0.05) is 6.07 Å². The molecule has 1 aromatic heterocycles. The molecule has 1 aromatic carbocycles. The second-order valence-electron chi connectivity index (χ2n) is 6.18. The van der Waals surface area contributed by atoms with Gasteiger partial charge in [0.1, 0.15) is 6.04 Å². The van der Waals surface area contributed by atoms with Crippen LogP contribution < -0.4 is 11.1 Å². The van der Waals surface area contributed by atoms with Gasteiger partial charge in [-0.25, -0.2) is 4.79 Å². The average molecular weight is 315 g/mol. The van der Waals surface area contributed by atoms with E-state index in [2.05, 4.69) is 10.3 Å². The lowest BCUT2D eigenvalue weighted by atomic mass is 10.0. The molecule has 2 N–H and O–H groups in total. The maximum atomic E-state index is 12.6. The van der Waals surface area contributed by atoms with Crippen molar-refractivity contribution in [3.05, 3.63) is 34.3 Å². The lowest BCUT2D eigenvalue weighted by molar-refractivity contribution is -0.143. The maximum Gasteiger partial charge on any atom is 0.417 e. The van der Waals surface area contributed by atoms with E-state index in [1.807, 2.05) is 0 Å². The van der Waals surface area contributed by atoms with Crippen LogP contribution in [0.25, 0.3) is 11.1 Å². The number of nitrogens with zero attached hydrogens (tertiary/aromatic N) is 1. The smallest absolute Gasteiger partial charge is 0.408 e. The van der Waals surface area contributed by atoms with E-state index >= 15 is 0 Å². The van der Waals surface area contributed by atoms with Crippen molar-refractivity contribution >= 4 is 22.9 Å². The predicted octanol–water partition coefficient (Wildman–Crippen LogP) is 0.401. The Labute approximate surface area is 131 Å². The topological polar surface area (TPSA) is 95.4 Å². The fourth-order valence-electron chi connectivity index (χ4n) is 3.23.